The molecule has 4 nitrogen and oxygen atoms in total. The van der Waals surface area contributed by atoms with E-state index < -0.39 is 11.6 Å². The van der Waals surface area contributed by atoms with Crippen LogP contribution in [-0.2, 0) is 24.1 Å². The van der Waals surface area contributed by atoms with Gasteiger partial charge in [0.1, 0.15) is 17.7 Å². The minimum Gasteiger partial charge on any atom is -0.379 e. The van der Waals surface area contributed by atoms with Crippen molar-refractivity contribution < 1.29 is 13.5 Å². The van der Waals surface area contributed by atoms with Crippen molar-refractivity contribution in [2.24, 2.45) is 0 Å². The number of nitrogens with one attached hydrogen (secondary N) is 1. The smallest absolute Gasteiger partial charge is 0.129 e. The molecule has 1 N–H and O–H groups in total. The molecule has 22 heavy (non-hydrogen) atoms. The Morgan fingerprint density at radius 3 is 3.05 bits per heavy atom. The first-order chi connectivity index (χ1) is 10.7. The van der Waals surface area contributed by atoms with Crippen LogP contribution >= 0.6 is 0 Å². The van der Waals surface area contributed by atoms with E-state index in [4.69, 9.17) is 4.74 Å². The highest BCUT2D eigenvalue weighted by Gasteiger charge is 2.38. The SMILES string of the molecule is CO[C@@H]1Cc2c(F)cc(F)cc2[C@H]1n1ncc2c1CCNC2. The molecule has 1 aromatic heterocycles. The van der Waals surface area contributed by atoms with E-state index in [-0.39, 0.29) is 12.1 Å². The van der Waals surface area contributed by atoms with E-state index in [0.29, 0.717) is 17.5 Å². The lowest BCUT2D eigenvalue weighted by Crippen LogP contribution is -2.29. The van der Waals surface area contributed by atoms with Gasteiger partial charge in [0.15, 0.2) is 0 Å². The molecule has 2 aromatic rings. The standard InChI is InChI=1S/C16H17F2N3O/c1-22-15-6-11-12(4-10(17)5-13(11)18)16(15)21-14-2-3-19-7-9(14)8-20-21/h4-5,8,15-16,19H,2-3,6-7H2,1H3/t15-,16-/m1/s1. The first kappa shape index (κ1) is 13.8. The zero-order valence-corrected chi connectivity index (χ0v) is 12.3. The Kier molecular flexibility index (Phi) is 3.23. The summed E-state index contributed by atoms with van der Waals surface area (Å²) in [5.41, 5.74) is 3.46. The molecule has 0 saturated heterocycles. The summed E-state index contributed by atoms with van der Waals surface area (Å²) in [5, 5.41) is 7.79. The molecule has 1 aliphatic heterocycles. The highest BCUT2D eigenvalue weighted by atomic mass is 19.1. The molecule has 4 rings (SSSR count). The van der Waals surface area contributed by atoms with Gasteiger partial charge in [0.25, 0.3) is 0 Å². The van der Waals surface area contributed by atoms with Crippen molar-refractivity contribution in [3.05, 3.63) is 52.3 Å². The van der Waals surface area contributed by atoms with Gasteiger partial charge in [-0.3, -0.25) is 4.68 Å². The van der Waals surface area contributed by atoms with Crippen molar-refractivity contribution in [2.45, 2.75) is 31.5 Å². The molecule has 2 atom stereocenters. The molecule has 1 aliphatic carbocycles. The summed E-state index contributed by atoms with van der Waals surface area (Å²) >= 11 is 0. The lowest BCUT2D eigenvalue weighted by molar-refractivity contribution is 0.0756. The van der Waals surface area contributed by atoms with Gasteiger partial charge in [0, 0.05) is 50.4 Å². The molecule has 2 aliphatic rings. The topological polar surface area (TPSA) is 39.1 Å². The molecular weight excluding hydrogens is 288 g/mol. The molecule has 0 fully saturated rings. The molecule has 0 radical (unpaired) electrons. The fraction of sp³-hybridized carbons (Fsp3) is 0.438. The first-order valence-electron chi connectivity index (χ1n) is 7.45. The van der Waals surface area contributed by atoms with Crippen LogP contribution < -0.4 is 5.32 Å². The summed E-state index contributed by atoms with van der Waals surface area (Å²) in [7, 11) is 1.61. The van der Waals surface area contributed by atoms with Gasteiger partial charge in [0.05, 0.1) is 12.3 Å². The first-order valence-corrected chi connectivity index (χ1v) is 7.45. The number of benzene rings is 1. The maximum atomic E-state index is 14.1. The largest absolute Gasteiger partial charge is 0.379 e. The molecule has 6 heteroatoms. The van der Waals surface area contributed by atoms with Crippen molar-refractivity contribution in [3.8, 4) is 0 Å². The lowest BCUT2D eigenvalue weighted by Gasteiger charge is -2.24. The van der Waals surface area contributed by atoms with Crippen molar-refractivity contribution in [1.29, 1.82) is 0 Å². The number of halogens is 2. The van der Waals surface area contributed by atoms with Crippen LogP contribution in [-0.4, -0.2) is 29.5 Å². The van der Waals surface area contributed by atoms with Gasteiger partial charge < -0.3 is 10.1 Å². The minimum atomic E-state index is -0.555. The third-order valence-corrected chi connectivity index (χ3v) is 4.68. The Bertz CT molecular complexity index is 728. The molecule has 0 spiro atoms. The number of fused-ring (bicyclic) bond motifs is 2. The summed E-state index contributed by atoms with van der Waals surface area (Å²) in [5.74, 6) is -1.05. The molecule has 1 aromatic carbocycles. The van der Waals surface area contributed by atoms with Crippen molar-refractivity contribution in [1.82, 2.24) is 15.1 Å². The van der Waals surface area contributed by atoms with Gasteiger partial charge in [-0.2, -0.15) is 5.10 Å². The molecule has 116 valence electrons. The fourth-order valence-electron chi connectivity index (χ4n) is 3.63. The maximum Gasteiger partial charge on any atom is 0.129 e. The lowest BCUT2D eigenvalue weighted by atomic mass is 10.1. The van der Waals surface area contributed by atoms with Crippen LogP contribution in [0.25, 0.3) is 0 Å². The van der Waals surface area contributed by atoms with Crippen LogP contribution in [0.4, 0.5) is 8.78 Å². The summed E-state index contributed by atoms with van der Waals surface area (Å²) in [4.78, 5) is 0. The Labute approximate surface area is 127 Å². The highest BCUT2D eigenvalue weighted by Crippen LogP contribution is 2.39. The van der Waals surface area contributed by atoms with Gasteiger partial charge in [-0.15, -0.1) is 0 Å². The van der Waals surface area contributed by atoms with E-state index in [9.17, 15) is 8.78 Å². The van der Waals surface area contributed by atoms with Crippen LogP contribution in [0.5, 0.6) is 0 Å². The summed E-state index contributed by atoms with van der Waals surface area (Å²) in [6, 6.07) is 2.08. The molecule has 2 heterocycles. The number of aromatic nitrogens is 2. The average molecular weight is 305 g/mol. The zero-order valence-electron chi connectivity index (χ0n) is 12.3. The van der Waals surface area contributed by atoms with Crippen LogP contribution in [0.3, 0.4) is 0 Å². The molecule has 0 saturated carbocycles. The zero-order chi connectivity index (χ0) is 15.3. The quantitative estimate of drug-likeness (QED) is 0.922. The Balaban J connectivity index is 1.86. The van der Waals surface area contributed by atoms with Crippen LogP contribution in [0, 0.1) is 11.6 Å². The Hall–Kier alpha value is -1.79. The van der Waals surface area contributed by atoms with Crippen molar-refractivity contribution >= 4 is 0 Å². The van der Waals surface area contributed by atoms with E-state index in [1.165, 1.54) is 6.07 Å². The average Bonchev–Trinajstić information content (AvgIpc) is 3.08. The summed E-state index contributed by atoms with van der Waals surface area (Å²) in [6.07, 6.45) is 2.90. The number of rotatable bonds is 2. The predicted octanol–water partition coefficient (Wildman–Crippen LogP) is 1.97. The second-order valence-corrected chi connectivity index (χ2v) is 5.87. The van der Waals surface area contributed by atoms with E-state index >= 15 is 0 Å². The monoisotopic (exact) mass is 305 g/mol. The maximum absolute atomic E-state index is 14.1. The minimum absolute atomic E-state index is 0.231. The van der Waals surface area contributed by atoms with Gasteiger partial charge in [-0.25, -0.2) is 8.78 Å². The Morgan fingerprint density at radius 1 is 1.36 bits per heavy atom. The second kappa shape index (κ2) is 5.14. The number of ether oxygens (including phenoxy) is 1. The highest BCUT2D eigenvalue weighted by molar-refractivity contribution is 5.40. The number of methoxy groups -OCH3 is 1. The van der Waals surface area contributed by atoms with E-state index in [1.54, 1.807) is 7.11 Å². The third-order valence-electron chi connectivity index (χ3n) is 4.68. The molecule has 0 unspecified atom stereocenters. The summed E-state index contributed by atoms with van der Waals surface area (Å²) in [6.45, 7) is 1.66. The van der Waals surface area contributed by atoms with Crippen molar-refractivity contribution in [3.63, 3.8) is 0 Å². The summed E-state index contributed by atoms with van der Waals surface area (Å²) < 4.78 is 35.2. The molecule has 0 bridgehead atoms. The van der Waals surface area contributed by atoms with Crippen LogP contribution in [0.1, 0.15) is 28.4 Å². The van der Waals surface area contributed by atoms with Gasteiger partial charge in [0.2, 0.25) is 0 Å². The van der Waals surface area contributed by atoms with Gasteiger partial charge in [-0.05, 0) is 17.2 Å². The molecule has 0 amide bonds. The van der Waals surface area contributed by atoms with Crippen molar-refractivity contribution in [2.75, 3.05) is 13.7 Å². The normalized spacial score (nSPS) is 23.4. The number of hydrogen-bond donors (Lipinski definition) is 1. The second-order valence-electron chi connectivity index (χ2n) is 5.87. The Morgan fingerprint density at radius 2 is 2.23 bits per heavy atom. The van der Waals surface area contributed by atoms with E-state index in [1.807, 2.05) is 10.9 Å². The van der Waals surface area contributed by atoms with E-state index in [2.05, 4.69) is 10.4 Å². The predicted molar refractivity (Wildman–Crippen MR) is 76.6 cm³/mol. The van der Waals surface area contributed by atoms with E-state index in [0.717, 1.165) is 36.8 Å². The number of nitrogens with zero attached hydrogens (tertiary/aromatic N) is 2. The number of hydrogen-bond acceptors (Lipinski definition) is 3. The fourth-order valence-corrected chi connectivity index (χ4v) is 3.63. The third kappa shape index (κ3) is 1.98. The molecular formula is C16H17F2N3O. The van der Waals surface area contributed by atoms with Crippen LogP contribution in [0.15, 0.2) is 18.3 Å². The van der Waals surface area contributed by atoms with Crippen LogP contribution in [0.2, 0.25) is 0 Å². The van der Waals surface area contributed by atoms with Gasteiger partial charge >= 0.3 is 0 Å². The van der Waals surface area contributed by atoms with Gasteiger partial charge in [-0.1, -0.05) is 0 Å².